The van der Waals surface area contributed by atoms with Gasteiger partial charge in [0.1, 0.15) is 35.6 Å². The summed E-state index contributed by atoms with van der Waals surface area (Å²) in [6, 6.07) is 16.1. The second-order valence-electron chi connectivity index (χ2n) is 18.9. The number of hydrogen-bond acceptors (Lipinski definition) is 10. The van der Waals surface area contributed by atoms with Crippen molar-refractivity contribution in [3.8, 4) is 11.8 Å². The molecule has 13 nitrogen and oxygen atoms in total. The van der Waals surface area contributed by atoms with Gasteiger partial charge in [-0.15, -0.1) is 0 Å². The average molecular weight is 859 g/mol. The second kappa shape index (κ2) is 16.2. The summed E-state index contributed by atoms with van der Waals surface area (Å²) in [6.07, 6.45) is 3.58. The maximum atomic E-state index is 15.8. The lowest BCUT2D eigenvalue weighted by molar-refractivity contribution is -0.163. The molecule has 1 atom stereocenters. The van der Waals surface area contributed by atoms with E-state index in [9.17, 15) is 24.4 Å². The number of carbonyl (C=O) groups excluding carboxylic acids is 4. The Kier molecular flexibility index (Phi) is 10.8. The Balaban J connectivity index is 0.755. The number of hydrogen-bond donors (Lipinski definition) is 2. The molecule has 5 aliphatic rings. The third-order valence-corrected chi connectivity index (χ3v) is 14.2. The van der Waals surface area contributed by atoms with Crippen LogP contribution in [0.1, 0.15) is 85.2 Å². The van der Waals surface area contributed by atoms with E-state index in [1.54, 1.807) is 36.5 Å². The van der Waals surface area contributed by atoms with Crippen LogP contribution in [0.25, 0.3) is 10.9 Å². The fourth-order valence-corrected chi connectivity index (χ4v) is 11.1. The molecule has 0 radical (unpaired) electrons. The van der Waals surface area contributed by atoms with E-state index < -0.39 is 40.3 Å². The maximum absolute atomic E-state index is 15.8. The molecule has 0 bridgehead atoms. The first kappa shape index (κ1) is 42.2. The highest BCUT2D eigenvalue weighted by atomic mass is 19.1. The first-order valence-corrected chi connectivity index (χ1v) is 21.9. The largest absolute Gasteiger partial charge is 0.488 e. The molecular weight excluding hydrogens is 807 g/mol. The Hall–Kier alpha value is -6.14. The lowest BCUT2D eigenvalue weighted by Crippen LogP contribution is -2.74. The predicted octanol–water partition coefficient (Wildman–Crippen LogP) is 5.80. The summed E-state index contributed by atoms with van der Waals surface area (Å²) in [4.78, 5) is 63.2. The fourth-order valence-electron chi connectivity index (χ4n) is 11.1. The number of nitriles is 1. The number of piperazine rings is 1. The van der Waals surface area contributed by atoms with Gasteiger partial charge in [-0.1, -0.05) is 27.7 Å². The van der Waals surface area contributed by atoms with Gasteiger partial charge in [0.05, 0.1) is 22.5 Å². The number of benzene rings is 3. The molecule has 1 unspecified atom stereocenters. The molecule has 63 heavy (non-hydrogen) atoms. The van der Waals surface area contributed by atoms with Crippen LogP contribution in [0.5, 0.6) is 5.75 Å². The van der Waals surface area contributed by atoms with Gasteiger partial charge < -0.3 is 24.8 Å². The highest BCUT2D eigenvalue weighted by Gasteiger charge is 2.64. The van der Waals surface area contributed by atoms with Crippen molar-refractivity contribution < 1.29 is 32.7 Å². The van der Waals surface area contributed by atoms with E-state index in [2.05, 4.69) is 59.2 Å². The van der Waals surface area contributed by atoms with Crippen LogP contribution in [0.2, 0.25) is 0 Å². The van der Waals surface area contributed by atoms with E-state index in [0.29, 0.717) is 65.9 Å². The number of pyridine rings is 1. The van der Waals surface area contributed by atoms with Crippen LogP contribution < -0.4 is 25.2 Å². The van der Waals surface area contributed by atoms with Gasteiger partial charge >= 0.3 is 0 Å². The highest BCUT2D eigenvalue weighted by Crippen LogP contribution is 2.56. The summed E-state index contributed by atoms with van der Waals surface area (Å²) in [6.45, 7) is 13.4. The summed E-state index contributed by atoms with van der Waals surface area (Å²) in [5.74, 6) is -1.42. The zero-order valence-electron chi connectivity index (χ0n) is 36.0. The Labute approximate surface area is 365 Å². The van der Waals surface area contributed by atoms with E-state index in [0.717, 1.165) is 37.9 Å². The molecule has 1 saturated carbocycles. The van der Waals surface area contributed by atoms with Crippen LogP contribution in [0.4, 0.5) is 20.2 Å². The third-order valence-electron chi connectivity index (χ3n) is 14.2. The SMILES string of the molecule is CC1(C)C(NC(=O)c2ccc(N3CCC(CN4CCN(c5cc6c(cc5F)C(=O)N(C5CCC(=O)NC5=O)C6)CC4)CC3)c(F)c2)C(C)(C)C1Oc1ccc(C#N)c2ncccc12. The number of aromatic nitrogens is 1. The summed E-state index contributed by atoms with van der Waals surface area (Å²) in [5, 5.41) is 15.8. The van der Waals surface area contributed by atoms with E-state index >= 15 is 8.78 Å². The number of fused-ring (bicyclic) bond motifs is 2. The first-order chi connectivity index (χ1) is 30.1. The van der Waals surface area contributed by atoms with Gasteiger partial charge in [0.15, 0.2) is 0 Å². The third kappa shape index (κ3) is 7.62. The molecule has 4 amide bonds. The van der Waals surface area contributed by atoms with Crippen LogP contribution in [0.15, 0.2) is 60.8 Å². The van der Waals surface area contributed by atoms with Crippen molar-refractivity contribution in [2.45, 2.75) is 78.1 Å². The molecule has 4 aromatic rings. The molecule has 1 aromatic heterocycles. The normalized spacial score (nSPS) is 23.5. The number of nitrogens with zero attached hydrogens (tertiary/aromatic N) is 6. The van der Waals surface area contributed by atoms with Crippen molar-refractivity contribution >= 4 is 45.9 Å². The standard InChI is InChI=1S/C48H52F2N8O5/c1-47(2)45(48(3,4)46(47)63-39-11-8-30(25-51)41-32(39)6-5-15-52-41)54-42(60)29-7-9-36(34(49)22-29)56-16-13-28(14-17-56)26-55-18-20-57(21-19-55)38-23-31-27-58(44(62)33(31)24-35(38)50)37-10-12-40(59)53-43(37)61/h5-9,11,15,22-24,28,37,45-46H,10,12-14,16-21,26-27H2,1-4H3,(H,54,60)(H,53,59,61). The number of piperidine rings is 2. The van der Waals surface area contributed by atoms with Gasteiger partial charge in [-0.05, 0) is 85.3 Å². The topological polar surface area (TPSA) is 151 Å². The number of amides is 4. The van der Waals surface area contributed by atoms with E-state index in [-0.39, 0.29) is 54.5 Å². The quantitative estimate of drug-likeness (QED) is 0.198. The predicted molar refractivity (Wildman–Crippen MR) is 232 cm³/mol. The number of anilines is 2. The smallest absolute Gasteiger partial charge is 0.255 e. The minimum absolute atomic E-state index is 0.159. The number of ether oxygens (including phenoxy) is 1. The minimum Gasteiger partial charge on any atom is -0.488 e. The van der Waals surface area contributed by atoms with Crippen molar-refractivity contribution in [2.24, 2.45) is 16.7 Å². The number of halogens is 2. The Morgan fingerprint density at radius 2 is 1.62 bits per heavy atom. The van der Waals surface area contributed by atoms with E-state index in [1.165, 1.54) is 17.0 Å². The van der Waals surface area contributed by atoms with Crippen molar-refractivity contribution in [1.82, 2.24) is 25.4 Å². The molecule has 3 aromatic carbocycles. The van der Waals surface area contributed by atoms with Gasteiger partial charge in [-0.2, -0.15) is 5.26 Å². The molecule has 3 saturated heterocycles. The molecule has 4 aliphatic heterocycles. The summed E-state index contributed by atoms with van der Waals surface area (Å²) < 4.78 is 37.9. The second-order valence-corrected chi connectivity index (χ2v) is 18.9. The highest BCUT2D eigenvalue weighted by molar-refractivity contribution is 6.05. The van der Waals surface area contributed by atoms with Gasteiger partial charge in [-0.25, -0.2) is 8.78 Å². The van der Waals surface area contributed by atoms with Crippen molar-refractivity contribution in [1.29, 1.82) is 5.26 Å². The van der Waals surface area contributed by atoms with Crippen molar-refractivity contribution in [2.75, 3.05) is 55.6 Å². The first-order valence-electron chi connectivity index (χ1n) is 21.9. The average Bonchev–Trinajstić information content (AvgIpc) is 3.58. The number of nitrogens with one attached hydrogen (secondary N) is 2. The fraction of sp³-hybridized carbons (Fsp3) is 0.458. The zero-order chi connectivity index (χ0) is 44.4. The minimum atomic E-state index is -0.749. The molecule has 328 valence electrons. The van der Waals surface area contributed by atoms with Gasteiger partial charge in [0.25, 0.3) is 11.8 Å². The molecule has 15 heteroatoms. The van der Waals surface area contributed by atoms with E-state index in [4.69, 9.17) is 4.74 Å². The maximum Gasteiger partial charge on any atom is 0.255 e. The summed E-state index contributed by atoms with van der Waals surface area (Å²) in [5.41, 5.74) is 2.26. The molecule has 9 rings (SSSR count). The summed E-state index contributed by atoms with van der Waals surface area (Å²) >= 11 is 0. The van der Waals surface area contributed by atoms with Crippen LogP contribution in [0, 0.1) is 39.7 Å². The van der Waals surface area contributed by atoms with Gasteiger partial charge in [-0.3, -0.25) is 34.4 Å². The molecule has 4 fully saturated rings. The van der Waals surface area contributed by atoms with Gasteiger partial charge in [0.2, 0.25) is 11.8 Å². The van der Waals surface area contributed by atoms with Crippen LogP contribution in [0.3, 0.4) is 0 Å². The van der Waals surface area contributed by atoms with Gasteiger partial charge in [0, 0.05) is 98.4 Å². The molecule has 0 spiro atoms. The lowest BCUT2D eigenvalue weighted by Gasteiger charge is -2.63. The number of imide groups is 1. The lowest BCUT2D eigenvalue weighted by atomic mass is 9.49. The molecule has 1 aliphatic carbocycles. The van der Waals surface area contributed by atoms with Crippen LogP contribution in [-0.2, 0) is 16.1 Å². The van der Waals surface area contributed by atoms with Crippen LogP contribution in [-0.4, -0.2) is 102 Å². The molecule has 5 heterocycles. The number of rotatable bonds is 9. The molecule has 2 N–H and O–H groups in total. The van der Waals surface area contributed by atoms with E-state index in [1.807, 2.05) is 17.0 Å². The Bertz CT molecular complexity index is 2540. The Morgan fingerprint density at radius 1 is 0.905 bits per heavy atom. The summed E-state index contributed by atoms with van der Waals surface area (Å²) in [7, 11) is 0. The Morgan fingerprint density at radius 3 is 2.32 bits per heavy atom. The monoisotopic (exact) mass is 858 g/mol. The molecular formula is C48H52F2N8O5. The zero-order valence-corrected chi connectivity index (χ0v) is 36.0. The van der Waals surface area contributed by atoms with Crippen molar-refractivity contribution in [3.05, 3.63) is 94.7 Å². The van der Waals surface area contributed by atoms with Crippen molar-refractivity contribution in [3.63, 3.8) is 0 Å². The van der Waals surface area contributed by atoms with Crippen LogP contribution >= 0.6 is 0 Å². The number of carbonyl (C=O) groups is 4.